The van der Waals surface area contributed by atoms with Crippen LogP contribution in [-0.4, -0.2) is 25.3 Å². The predicted octanol–water partition coefficient (Wildman–Crippen LogP) is 1.60. The van der Waals surface area contributed by atoms with Crippen LogP contribution in [0.25, 0.3) is 0 Å². The van der Waals surface area contributed by atoms with Crippen molar-refractivity contribution in [1.82, 2.24) is 5.32 Å². The largest absolute Gasteiger partial charge is 0.497 e. The van der Waals surface area contributed by atoms with Gasteiger partial charge in [0.1, 0.15) is 11.0 Å². The lowest BCUT2D eigenvalue weighted by molar-refractivity contribution is -0.120. The first-order valence-corrected chi connectivity index (χ1v) is 5.89. The summed E-state index contributed by atoms with van der Waals surface area (Å²) in [5.74, 6) is 1.90. The minimum absolute atomic E-state index is 0.0651. The second kappa shape index (κ2) is 4.57. The van der Waals surface area contributed by atoms with E-state index in [2.05, 4.69) is 5.32 Å². The third-order valence-corrected chi connectivity index (χ3v) is 3.60. The molecular formula is C11H13NO2S. The van der Waals surface area contributed by atoms with E-state index in [0.29, 0.717) is 0 Å². The van der Waals surface area contributed by atoms with Crippen molar-refractivity contribution >= 4 is 17.7 Å². The Kier molecular flexibility index (Phi) is 3.16. The number of nitrogens with one attached hydrogen (secondary N) is 1. The number of benzene rings is 1. The van der Waals surface area contributed by atoms with Gasteiger partial charge in [-0.3, -0.25) is 4.79 Å². The Balaban J connectivity index is 2.17. The van der Waals surface area contributed by atoms with Gasteiger partial charge < -0.3 is 10.1 Å². The molecule has 4 heteroatoms. The Hall–Kier alpha value is -1.16. The lowest BCUT2D eigenvalue weighted by atomic mass is 10.1. The Morgan fingerprint density at radius 2 is 2.13 bits per heavy atom. The zero-order valence-electron chi connectivity index (χ0n) is 8.53. The smallest absolute Gasteiger partial charge is 0.237 e. The van der Waals surface area contributed by atoms with Crippen molar-refractivity contribution in [1.29, 1.82) is 0 Å². The molecule has 1 N–H and O–H groups in total. The van der Waals surface area contributed by atoms with Crippen molar-refractivity contribution in [3.05, 3.63) is 29.8 Å². The average molecular weight is 223 g/mol. The summed E-state index contributed by atoms with van der Waals surface area (Å²) < 4.78 is 5.08. The molecule has 0 aliphatic carbocycles. The molecule has 0 spiro atoms. The van der Waals surface area contributed by atoms with Gasteiger partial charge >= 0.3 is 0 Å². The van der Waals surface area contributed by atoms with Gasteiger partial charge in [-0.25, -0.2) is 0 Å². The van der Waals surface area contributed by atoms with Gasteiger partial charge in [0.2, 0.25) is 5.91 Å². The third kappa shape index (κ3) is 2.26. The highest BCUT2D eigenvalue weighted by Crippen LogP contribution is 2.31. The van der Waals surface area contributed by atoms with Crippen molar-refractivity contribution in [2.75, 3.05) is 19.4 Å². The molecule has 1 heterocycles. The van der Waals surface area contributed by atoms with Gasteiger partial charge in [0.25, 0.3) is 0 Å². The van der Waals surface area contributed by atoms with E-state index in [0.717, 1.165) is 23.6 Å². The molecule has 1 aliphatic heterocycles. The molecule has 1 saturated heterocycles. The fraction of sp³-hybridized carbons (Fsp3) is 0.364. The molecule has 80 valence electrons. The summed E-state index contributed by atoms with van der Waals surface area (Å²) in [6, 6.07) is 7.67. The number of hydrogen-bond acceptors (Lipinski definition) is 3. The maximum Gasteiger partial charge on any atom is 0.237 e. The molecule has 0 unspecified atom stereocenters. The quantitative estimate of drug-likeness (QED) is 0.827. The number of carbonyl (C=O) groups is 1. The minimum atomic E-state index is -0.0651. The minimum Gasteiger partial charge on any atom is -0.497 e. The predicted molar refractivity (Wildman–Crippen MR) is 61.2 cm³/mol. The Morgan fingerprint density at radius 1 is 1.40 bits per heavy atom. The zero-order chi connectivity index (χ0) is 10.7. The second-order valence-electron chi connectivity index (χ2n) is 3.32. The van der Waals surface area contributed by atoms with Crippen LogP contribution in [0.5, 0.6) is 5.75 Å². The van der Waals surface area contributed by atoms with Crippen LogP contribution >= 0.6 is 11.8 Å². The van der Waals surface area contributed by atoms with E-state index < -0.39 is 0 Å². The van der Waals surface area contributed by atoms with Gasteiger partial charge in [-0.15, -0.1) is 11.8 Å². The lowest BCUT2D eigenvalue weighted by Crippen LogP contribution is -2.34. The number of thioether (sulfide) groups is 1. The van der Waals surface area contributed by atoms with Gasteiger partial charge in [-0.05, 0) is 17.7 Å². The molecule has 0 radical (unpaired) electrons. The van der Waals surface area contributed by atoms with E-state index in [4.69, 9.17) is 4.74 Å². The molecule has 15 heavy (non-hydrogen) atoms. The molecule has 1 fully saturated rings. The van der Waals surface area contributed by atoms with Crippen LogP contribution in [0.2, 0.25) is 0 Å². The summed E-state index contributed by atoms with van der Waals surface area (Å²) in [5, 5.41) is 2.80. The van der Waals surface area contributed by atoms with Gasteiger partial charge in [0.05, 0.1) is 7.11 Å². The van der Waals surface area contributed by atoms with Crippen LogP contribution in [0.15, 0.2) is 24.3 Å². The van der Waals surface area contributed by atoms with Crippen LogP contribution in [0.4, 0.5) is 0 Å². The van der Waals surface area contributed by atoms with E-state index in [1.807, 2.05) is 24.3 Å². The van der Waals surface area contributed by atoms with E-state index in [-0.39, 0.29) is 11.2 Å². The van der Waals surface area contributed by atoms with Gasteiger partial charge in [0, 0.05) is 12.3 Å². The molecule has 1 amide bonds. The topological polar surface area (TPSA) is 38.3 Å². The fourth-order valence-electron chi connectivity index (χ4n) is 1.55. The zero-order valence-corrected chi connectivity index (χ0v) is 9.34. The highest BCUT2D eigenvalue weighted by Gasteiger charge is 2.23. The van der Waals surface area contributed by atoms with E-state index in [9.17, 15) is 4.79 Å². The first-order chi connectivity index (χ1) is 7.31. The molecule has 0 aromatic heterocycles. The number of carbonyl (C=O) groups excluding carboxylic acids is 1. The highest BCUT2D eigenvalue weighted by atomic mass is 32.2. The maximum absolute atomic E-state index is 11.6. The van der Waals surface area contributed by atoms with Gasteiger partial charge in [-0.1, -0.05) is 12.1 Å². The van der Waals surface area contributed by atoms with Crippen molar-refractivity contribution in [2.24, 2.45) is 0 Å². The van der Waals surface area contributed by atoms with Crippen LogP contribution in [-0.2, 0) is 4.79 Å². The third-order valence-electron chi connectivity index (χ3n) is 2.34. The first kappa shape index (κ1) is 10.4. The summed E-state index contributed by atoms with van der Waals surface area (Å²) in [5.41, 5.74) is 1.04. The highest BCUT2D eigenvalue weighted by molar-refractivity contribution is 8.00. The molecule has 1 aromatic carbocycles. The number of amides is 1. The Labute approximate surface area is 93.2 Å². The summed E-state index contributed by atoms with van der Waals surface area (Å²) in [6.07, 6.45) is 0. The monoisotopic (exact) mass is 223 g/mol. The second-order valence-corrected chi connectivity index (χ2v) is 4.53. The number of rotatable bonds is 2. The Morgan fingerprint density at radius 3 is 2.73 bits per heavy atom. The fourth-order valence-corrected chi connectivity index (χ4v) is 2.59. The van der Waals surface area contributed by atoms with Crippen LogP contribution in [0.3, 0.4) is 0 Å². The van der Waals surface area contributed by atoms with Crippen molar-refractivity contribution in [2.45, 2.75) is 5.25 Å². The molecule has 1 aliphatic rings. The number of methoxy groups -OCH3 is 1. The molecule has 2 rings (SSSR count). The van der Waals surface area contributed by atoms with E-state index in [1.165, 1.54) is 0 Å². The van der Waals surface area contributed by atoms with Gasteiger partial charge in [0.15, 0.2) is 0 Å². The van der Waals surface area contributed by atoms with Crippen molar-refractivity contribution in [3.63, 3.8) is 0 Å². The van der Waals surface area contributed by atoms with E-state index in [1.54, 1.807) is 18.9 Å². The van der Waals surface area contributed by atoms with Crippen molar-refractivity contribution in [3.8, 4) is 5.75 Å². The molecule has 0 saturated carbocycles. The number of ether oxygens (including phenoxy) is 1. The van der Waals surface area contributed by atoms with Crippen LogP contribution in [0, 0.1) is 0 Å². The SMILES string of the molecule is COc1ccc([C@@H]2SCCNC2=O)cc1. The lowest BCUT2D eigenvalue weighted by Gasteiger charge is -2.21. The molecule has 1 atom stereocenters. The normalized spacial score (nSPS) is 20.9. The standard InChI is InChI=1S/C11H13NO2S/c1-14-9-4-2-8(3-5-9)10-11(13)12-6-7-15-10/h2-5,10H,6-7H2,1H3,(H,12,13)/t10-/m0/s1. The maximum atomic E-state index is 11.6. The average Bonchev–Trinajstić information content (AvgIpc) is 2.30. The molecule has 3 nitrogen and oxygen atoms in total. The van der Waals surface area contributed by atoms with E-state index >= 15 is 0 Å². The molecule has 1 aromatic rings. The summed E-state index contributed by atoms with van der Waals surface area (Å²) in [7, 11) is 1.64. The molecular weight excluding hydrogens is 210 g/mol. The van der Waals surface area contributed by atoms with Crippen molar-refractivity contribution < 1.29 is 9.53 Å². The first-order valence-electron chi connectivity index (χ1n) is 4.84. The number of hydrogen-bond donors (Lipinski definition) is 1. The van der Waals surface area contributed by atoms with Crippen LogP contribution in [0.1, 0.15) is 10.8 Å². The molecule has 0 bridgehead atoms. The van der Waals surface area contributed by atoms with Crippen LogP contribution < -0.4 is 10.1 Å². The summed E-state index contributed by atoms with van der Waals surface area (Å²) in [4.78, 5) is 11.6. The van der Waals surface area contributed by atoms with Gasteiger partial charge in [-0.2, -0.15) is 0 Å². The summed E-state index contributed by atoms with van der Waals surface area (Å²) >= 11 is 1.69. The summed E-state index contributed by atoms with van der Waals surface area (Å²) in [6.45, 7) is 0.774. The Bertz CT molecular complexity index is 350.